The highest BCUT2D eigenvalue weighted by Gasteiger charge is 2.20. The normalized spacial score (nSPS) is 14.2. The minimum atomic E-state index is -3.93. The summed E-state index contributed by atoms with van der Waals surface area (Å²) in [6.45, 7) is 6.12. The summed E-state index contributed by atoms with van der Waals surface area (Å²) in [5.74, 6) is -0.726. The van der Waals surface area contributed by atoms with E-state index in [4.69, 9.17) is 4.89 Å². The molecule has 0 aliphatic heterocycles. The number of carbonyl (C=O) groups excluding carboxylic acids is 1. The number of carbonyl (C=O) groups is 1. The van der Waals surface area contributed by atoms with Crippen molar-refractivity contribution in [2.24, 2.45) is 0 Å². The molecule has 1 N–H and O–H groups in total. The zero-order chi connectivity index (χ0) is 9.78. The van der Waals surface area contributed by atoms with Gasteiger partial charge in [-0.3, -0.25) is 0 Å². The van der Waals surface area contributed by atoms with Crippen molar-refractivity contribution in [1.29, 1.82) is 0 Å². The van der Waals surface area contributed by atoms with Crippen molar-refractivity contribution < 1.29 is 23.5 Å². The van der Waals surface area contributed by atoms with Crippen LogP contribution in [0, 0.1) is 0 Å². The van der Waals surface area contributed by atoms with E-state index >= 15 is 0 Å². The standard InChI is InChI=1S/C6H9O5P/c1-4-12(8,9)11-5(2)6(7)10-3/h4H,1-2H2,3H3,(H,8,9). The van der Waals surface area contributed by atoms with Crippen LogP contribution in [0.3, 0.4) is 0 Å². The fourth-order valence-electron chi connectivity index (χ4n) is 0.346. The van der Waals surface area contributed by atoms with Crippen LogP contribution in [0.2, 0.25) is 0 Å². The number of esters is 1. The molecule has 0 aromatic rings. The average Bonchev–Trinajstić information content (AvgIpc) is 2.02. The third-order valence-corrected chi connectivity index (χ3v) is 1.83. The van der Waals surface area contributed by atoms with E-state index in [-0.39, 0.29) is 0 Å². The third-order valence-electron chi connectivity index (χ3n) is 0.885. The van der Waals surface area contributed by atoms with Crippen molar-refractivity contribution in [1.82, 2.24) is 0 Å². The lowest BCUT2D eigenvalue weighted by Gasteiger charge is -2.08. The molecule has 0 radical (unpaired) electrons. The van der Waals surface area contributed by atoms with Gasteiger partial charge in [0.2, 0.25) is 5.76 Å². The molecule has 68 valence electrons. The van der Waals surface area contributed by atoms with Crippen LogP contribution in [-0.2, 0) is 18.6 Å². The van der Waals surface area contributed by atoms with E-state index in [1.807, 2.05) is 0 Å². The molecule has 0 aromatic carbocycles. The lowest BCUT2D eigenvalue weighted by Crippen LogP contribution is -2.05. The molecule has 0 bridgehead atoms. The molecule has 5 nitrogen and oxygen atoms in total. The summed E-state index contributed by atoms with van der Waals surface area (Å²) in [5, 5.41) is 0. The highest BCUT2D eigenvalue weighted by molar-refractivity contribution is 7.56. The minimum absolute atomic E-state index is 0.525. The summed E-state index contributed by atoms with van der Waals surface area (Å²) in [6.07, 6.45) is 0. The number of methoxy groups -OCH3 is 1. The maximum absolute atomic E-state index is 10.8. The summed E-state index contributed by atoms with van der Waals surface area (Å²) >= 11 is 0. The molecule has 6 heteroatoms. The average molecular weight is 192 g/mol. The molecule has 0 fully saturated rings. The van der Waals surface area contributed by atoms with Gasteiger partial charge in [-0.2, -0.15) is 0 Å². The molecule has 0 saturated carbocycles. The van der Waals surface area contributed by atoms with Gasteiger partial charge >= 0.3 is 13.6 Å². The Kier molecular flexibility index (Phi) is 3.73. The summed E-state index contributed by atoms with van der Waals surface area (Å²) in [4.78, 5) is 19.4. The van der Waals surface area contributed by atoms with Crippen LogP contribution in [0.1, 0.15) is 0 Å². The summed E-state index contributed by atoms with van der Waals surface area (Å²) in [5.41, 5.74) is 0. The molecular weight excluding hydrogens is 183 g/mol. The largest absolute Gasteiger partial charge is 0.463 e. The van der Waals surface area contributed by atoms with Crippen molar-refractivity contribution in [2.75, 3.05) is 7.11 Å². The van der Waals surface area contributed by atoms with Crippen LogP contribution >= 0.6 is 7.60 Å². The third kappa shape index (κ3) is 3.37. The van der Waals surface area contributed by atoms with E-state index in [9.17, 15) is 9.36 Å². The molecule has 0 spiro atoms. The summed E-state index contributed by atoms with van der Waals surface area (Å²) in [7, 11) is -2.83. The number of ether oxygens (including phenoxy) is 1. The lowest BCUT2D eigenvalue weighted by molar-refractivity contribution is -0.138. The zero-order valence-corrected chi connectivity index (χ0v) is 7.41. The number of rotatable bonds is 4. The Balaban J connectivity index is 4.29. The van der Waals surface area contributed by atoms with E-state index in [2.05, 4.69) is 22.4 Å². The van der Waals surface area contributed by atoms with Crippen LogP contribution in [0.25, 0.3) is 0 Å². The van der Waals surface area contributed by atoms with E-state index in [0.29, 0.717) is 5.82 Å². The molecule has 0 aliphatic rings. The quantitative estimate of drug-likeness (QED) is 0.311. The predicted molar refractivity (Wildman–Crippen MR) is 42.3 cm³/mol. The lowest BCUT2D eigenvalue weighted by atomic mass is 10.6. The van der Waals surface area contributed by atoms with Gasteiger partial charge in [-0.05, 0) is 6.58 Å². The molecule has 0 heterocycles. The first-order chi connectivity index (χ1) is 5.43. The predicted octanol–water partition coefficient (Wildman–Crippen LogP) is 1.02. The highest BCUT2D eigenvalue weighted by Crippen LogP contribution is 2.44. The van der Waals surface area contributed by atoms with Crippen LogP contribution in [-0.4, -0.2) is 18.0 Å². The molecule has 0 saturated heterocycles. The van der Waals surface area contributed by atoms with E-state index in [1.165, 1.54) is 0 Å². The maximum atomic E-state index is 10.8. The Morgan fingerprint density at radius 2 is 2.17 bits per heavy atom. The SMILES string of the molecule is C=CP(=O)(O)OC(=C)C(=O)OC. The highest BCUT2D eigenvalue weighted by atomic mass is 31.2. The van der Waals surface area contributed by atoms with Gasteiger partial charge in [0.15, 0.2) is 0 Å². The first kappa shape index (κ1) is 10.9. The molecule has 0 rings (SSSR count). The Morgan fingerprint density at radius 1 is 1.67 bits per heavy atom. The molecule has 12 heavy (non-hydrogen) atoms. The van der Waals surface area contributed by atoms with Gasteiger partial charge < -0.3 is 14.2 Å². The zero-order valence-electron chi connectivity index (χ0n) is 6.52. The smallest absolute Gasteiger partial charge is 0.400 e. The second kappa shape index (κ2) is 4.09. The first-order valence-electron chi connectivity index (χ1n) is 2.86. The topological polar surface area (TPSA) is 72.8 Å². The summed E-state index contributed by atoms with van der Waals surface area (Å²) < 4.78 is 19.2. The second-order valence-corrected chi connectivity index (χ2v) is 3.43. The Morgan fingerprint density at radius 3 is 2.50 bits per heavy atom. The van der Waals surface area contributed by atoms with Crippen molar-refractivity contribution in [2.45, 2.75) is 0 Å². The van der Waals surface area contributed by atoms with Crippen LogP contribution in [0.5, 0.6) is 0 Å². The fraction of sp³-hybridized carbons (Fsp3) is 0.167. The van der Waals surface area contributed by atoms with Crippen molar-refractivity contribution in [3.63, 3.8) is 0 Å². The van der Waals surface area contributed by atoms with Crippen LogP contribution in [0.4, 0.5) is 0 Å². The monoisotopic (exact) mass is 192 g/mol. The van der Waals surface area contributed by atoms with Crippen molar-refractivity contribution >= 4 is 13.6 Å². The van der Waals surface area contributed by atoms with Gasteiger partial charge in [-0.15, -0.1) is 0 Å². The van der Waals surface area contributed by atoms with Crippen LogP contribution < -0.4 is 0 Å². The molecule has 0 amide bonds. The Labute approximate surface area is 69.8 Å². The first-order valence-corrected chi connectivity index (χ1v) is 4.50. The molecule has 1 unspecified atom stereocenters. The Hall–Kier alpha value is -1.06. The van der Waals surface area contributed by atoms with Gasteiger partial charge in [0.25, 0.3) is 0 Å². The van der Waals surface area contributed by atoms with Gasteiger partial charge in [-0.25, -0.2) is 9.36 Å². The second-order valence-electron chi connectivity index (χ2n) is 1.75. The summed E-state index contributed by atoms with van der Waals surface area (Å²) in [6, 6.07) is 0. The number of hydrogen-bond acceptors (Lipinski definition) is 4. The van der Waals surface area contributed by atoms with Gasteiger partial charge in [0.05, 0.1) is 7.11 Å². The number of hydrogen-bond donors (Lipinski definition) is 1. The van der Waals surface area contributed by atoms with Gasteiger partial charge in [0, 0.05) is 5.82 Å². The van der Waals surface area contributed by atoms with E-state index in [1.54, 1.807) is 0 Å². The van der Waals surface area contributed by atoms with Gasteiger partial charge in [0.1, 0.15) is 0 Å². The molecule has 0 aliphatic carbocycles. The fourth-order valence-corrected chi connectivity index (χ4v) is 0.811. The Bertz CT molecular complexity index is 257. The van der Waals surface area contributed by atoms with Crippen LogP contribution in [0.15, 0.2) is 24.7 Å². The molecule has 1 atom stereocenters. The maximum Gasteiger partial charge on any atom is 0.400 e. The van der Waals surface area contributed by atoms with Crippen molar-refractivity contribution in [3.8, 4) is 0 Å². The van der Waals surface area contributed by atoms with E-state index < -0.39 is 19.3 Å². The molecular formula is C6H9O5P. The minimum Gasteiger partial charge on any atom is -0.463 e. The van der Waals surface area contributed by atoms with Crippen molar-refractivity contribution in [3.05, 3.63) is 24.7 Å². The van der Waals surface area contributed by atoms with Gasteiger partial charge in [-0.1, -0.05) is 6.58 Å². The molecule has 0 aromatic heterocycles. The van der Waals surface area contributed by atoms with E-state index in [0.717, 1.165) is 7.11 Å².